The van der Waals surface area contributed by atoms with Gasteiger partial charge in [-0.05, 0) is 26.5 Å². The Balaban J connectivity index is 2.80. The summed E-state index contributed by atoms with van der Waals surface area (Å²) in [7, 11) is 0. The first-order valence-electron chi connectivity index (χ1n) is 5.91. The summed E-state index contributed by atoms with van der Waals surface area (Å²) in [4.78, 5) is 0. The van der Waals surface area contributed by atoms with E-state index in [1.54, 1.807) is 0 Å². The lowest BCUT2D eigenvalue weighted by atomic mass is 10.2. The number of nitrogens with one attached hydrogen (secondary N) is 1. The van der Waals surface area contributed by atoms with Crippen LogP contribution in [0.25, 0.3) is 0 Å². The molecule has 1 N–H and O–H groups in total. The third kappa shape index (κ3) is 3.74. The van der Waals surface area contributed by atoms with E-state index in [4.69, 9.17) is 9.47 Å². The van der Waals surface area contributed by atoms with Crippen LogP contribution in [0.4, 0.5) is 0 Å². The van der Waals surface area contributed by atoms with Crippen LogP contribution in [0.3, 0.4) is 0 Å². The van der Waals surface area contributed by atoms with Crippen LogP contribution in [-0.2, 0) is 6.54 Å². The van der Waals surface area contributed by atoms with Gasteiger partial charge in [0, 0.05) is 18.2 Å². The van der Waals surface area contributed by atoms with Gasteiger partial charge in [-0.3, -0.25) is 0 Å². The molecule has 0 saturated heterocycles. The smallest absolute Gasteiger partial charge is 0.127 e. The molecule has 1 rings (SSSR count). The van der Waals surface area contributed by atoms with Gasteiger partial charge in [-0.15, -0.1) is 0 Å². The maximum atomic E-state index is 5.60. The van der Waals surface area contributed by atoms with E-state index >= 15 is 0 Å². The Morgan fingerprint density at radius 3 is 2.44 bits per heavy atom. The van der Waals surface area contributed by atoms with E-state index in [0.29, 0.717) is 13.2 Å². The molecule has 0 bridgehead atoms. The Kier molecular flexibility index (Phi) is 5.72. The van der Waals surface area contributed by atoms with Gasteiger partial charge in [-0.1, -0.05) is 13.0 Å². The molecule has 90 valence electrons. The summed E-state index contributed by atoms with van der Waals surface area (Å²) in [5.41, 5.74) is 1.17. The van der Waals surface area contributed by atoms with E-state index in [2.05, 4.69) is 18.3 Å². The molecule has 0 aliphatic carbocycles. The summed E-state index contributed by atoms with van der Waals surface area (Å²) in [6.45, 7) is 9.20. The molecule has 0 spiro atoms. The normalized spacial score (nSPS) is 10.2. The van der Waals surface area contributed by atoms with Crippen molar-refractivity contribution in [2.24, 2.45) is 0 Å². The molecule has 0 aromatic heterocycles. The summed E-state index contributed by atoms with van der Waals surface area (Å²) < 4.78 is 11.1. The van der Waals surface area contributed by atoms with Gasteiger partial charge < -0.3 is 14.8 Å². The van der Waals surface area contributed by atoms with Crippen LogP contribution in [0.5, 0.6) is 11.5 Å². The molecule has 16 heavy (non-hydrogen) atoms. The van der Waals surface area contributed by atoms with Crippen LogP contribution < -0.4 is 14.8 Å². The zero-order valence-corrected chi connectivity index (χ0v) is 10.4. The summed E-state index contributed by atoms with van der Waals surface area (Å²) in [6, 6.07) is 6.00. The van der Waals surface area contributed by atoms with Gasteiger partial charge in [0.2, 0.25) is 0 Å². The molecular weight excluding hydrogens is 202 g/mol. The lowest BCUT2D eigenvalue weighted by Gasteiger charge is -2.12. The molecule has 0 unspecified atom stereocenters. The lowest BCUT2D eigenvalue weighted by Crippen LogP contribution is -2.13. The Bertz CT molecular complexity index is 313. The summed E-state index contributed by atoms with van der Waals surface area (Å²) in [5.74, 6) is 1.78. The Morgan fingerprint density at radius 2 is 1.81 bits per heavy atom. The van der Waals surface area contributed by atoms with E-state index in [0.717, 1.165) is 24.6 Å². The van der Waals surface area contributed by atoms with E-state index in [9.17, 15) is 0 Å². The van der Waals surface area contributed by atoms with E-state index in [-0.39, 0.29) is 0 Å². The van der Waals surface area contributed by atoms with Gasteiger partial charge in [0.15, 0.2) is 0 Å². The number of hydrogen-bond donors (Lipinski definition) is 1. The molecule has 0 fully saturated rings. The number of rotatable bonds is 7. The maximum absolute atomic E-state index is 5.60. The fourth-order valence-corrected chi connectivity index (χ4v) is 1.49. The van der Waals surface area contributed by atoms with Gasteiger partial charge >= 0.3 is 0 Å². The first-order valence-corrected chi connectivity index (χ1v) is 5.91. The minimum absolute atomic E-state index is 0.675. The fourth-order valence-electron chi connectivity index (χ4n) is 1.49. The van der Waals surface area contributed by atoms with Gasteiger partial charge in [0.05, 0.1) is 13.2 Å². The van der Waals surface area contributed by atoms with Crippen LogP contribution in [0, 0.1) is 0 Å². The number of benzene rings is 1. The average Bonchev–Trinajstić information content (AvgIpc) is 2.29. The summed E-state index contributed by atoms with van der Waals surface area (Å²) in [5, 5.41) is 3.29. The Labute approximate surface area is 97.8 Å². The van der Waals surface area contributed by atoms with Gasteiger partial charge in [0.1, 0.15) is 11.5 Å². The van der Waals surface area contributed by atoms with Crippen molar-refractivity contribution in [2.75, 3.05) is 19.8 Å². The largest absolute Gasteiger partial charge is 0.494 e. The number of ether oxygens (including phenoxy) is 2. The van der Waals surface area contributed by atoms with Crippen molar-refractivity contribution in [1.82, 2.24) is 5.32 Å². The van der Waals surface area contributed by atoms with Crippen molar-refractivity contribution in [3.8, 4) is 11.5 Å². The average molecular weight is 223 g/mol. The molecule has 0 heterocycles. The van der Waals surface area contributed by atoms with Gasteiger partial charge in [0.25, 0.3) is 0 Å². The zero-order chi connectivity index (χ0) is 11.8. The van der Waals surface area contributed by atoms with Crippen LogP contribution in [0.15, 0.2) is 18.2 Å². The molecule has 1 aromatic rings. The molecule has 0 saturated carbocycles. The van der Waals surface area contributed by atoms with Gasteiger partial charge in [-0.25, -0.2) is 0 Å². The highest BCUT2D eigenvalue weighted by atomic mass is 16.5. The lowest BCUT2D eigenvalue weighted by molar-refractivity contribution is 0.320. The minimum atomic E-state index is 0.675. The highest BCUT2D eigenvalue weighted by molar-refractivity contribution is 5.40. The fraction of sp³-hybridized carbons (Fsp3) is 0.538. The van der Waals surface area contributed by atoms with Crippen molar-refractivity contribution >= 4 is 0 Å². The first kappa shape index (κ1) is 12.8. The molecule has 3 nitrogen and oxygen atoms in total. The Hall–Kier alpha value is -1.22. The first-order chi connectivity index (χ1) is 7.81. The van der Waals surface area contributed by atoms with Crippen LogP contribution in [0.2, 0.25) is 0 Å². The van der Waals surface area contributed by atoms with E-state index < -0.39 is 0 Å². The highest BCUT2D eigenvalue weighted by Gasteiger charge is 2.05. The molecule has 1 aromatic carbocycles. The molecule has 0 radical (unpaired) electrons. The molecule has 0 amide bonds. The van der Waals surface area contributed by atoms with Crippen molar-refractivity contribution in [1.29, 1.82) is 0 Å². The SMILES string of the molecule is CCNCc1ccc(OCC)cc1OCC. The Morgan fingerprint density at radius 1 is 1.06 bits per heavy atom. The molecule has 3 heteroatoms. The highest BCUT2D eigenvalue weighted by Crippen LogP contribution is 2.25. The van der Waals surface area contributed by atoms with E-state index in [1.165, 1.54) is 5.56 Å². The zero-order valence-electron chi connectivity index (χ0n) is 10.4. The van der Waals surface area contributed by atoms with Crippen LogP contribution >= 0.6 is 0 Å². The van der Waals surface area contributed by atoms with Crippen molar-refractivity contribution in [2.45, 2.75) is 27.3 Å². The van der Waals surface area contributed by atoms with Crippen molar-refractivity contribution in [3.05, 3.63) is 23.8 Å². The quantitative estimate of drug-likeness (QED) is 0.770. The van der Waals surface area contributed by atoms with Crippen LogP contribution in [-0.4, -0.2) is 19.8 Å². The van der Waals surface area contributed by atoms with Gasteiger partial charge in [-0.2, -0.15) is 0 Å². The molecule has 0 atom stereocenters. The number of hydrogen-bond acceptors (Lipinski definition) is 3. The second-order valence-electron chi connectivity index (χ2n) is 3.42. The second-order valence-corrected chi connectivity index (χ2v) is 3.42. The van der Waals surface area contributed by atoms with Crippen LogP contribution in [0.1, 0.15) is 26.3 Å². The van der Waals surface area contributed by atoms with Crippen molar-refractivity contribution in [3.63, 3.8) is 0 Å². The topological polar surface area (TPSA) is 30.5 Å². The summed E-state index contributed by atoms with van der Waals surface area (Å²) in [6.07, 6.45) is 0. The summed E-state index contributed by atoms with van der Waals surface area (Å²) >= 11 is 0. The third-order valence-electron chi connectivity index (χ3n) is 2.21. The maximum Gasteiger partial charge on any atom is 0.127 e. The predicted octanol–water partition coefficient (Wildman–Crippen LogP) is 2.59. The monoisotopic (exact) mass is 223 g/mol. The predicted molar refractivity (Wildman–Crippen MR) is 66.2 cm³/mol. The molecule has 0 aliphatic rings. The minimum Gasteiger partial charge on any atom is -0.494 e. The third-order valence-corrected chi connectivity index (χ3v) is 2.21. The molecule has 0 aliphatic heterocycles. The second kappa shape index (κ2) is 7.12. The molecular formula is C13H21NO2. The van der Waals surface area contributed by atoms with Crippen molar-refractivity contribution < 1.29 is 9.47 Å². The standard InChI is InChI=1S/C13H21NO2/c1-4-14-10-11-7-8-12(15-5-2)9-13(11)16-6-3/h7-9,14H,4-6,10H2,1-3H3. The van der Waals surface area contributed by atoms with E-state index in [1.807, 2.05) is 26.0 Å².